The third-order valence-electron chi connectivity index (χ3n) is 13.0. The number of ether oxygens (including phenoxy) is 4. The minimum absolute atomic E-state index is 0.0155. The Balaban J connectivity index is 1.18. The molecule has 6 aliphatic rings. The number of methoxy groups -OCH3 is 1. The summed E-state index contributed by atoms with van der Waals surface area (Å²) in [5, 5.41) is 5.86. The first-order chi connectivity index (χ1) is 28.4. The lowest BCUT2D eigenvalue weighted by molar-refractivity contribution is -0.142. The van der Waals surface area contributed by atoms with E-state index in [0.717, 1.165) is 37.7 Å². The van der Waals surface area contributed by atoms with Gasteiger partial charge in [0, 0.05) is 35.4 Å². The Bertz CT molecular complexity index is 2140. The van der Waals surface area contributed by atoms with Crippen molar-refractivity contribution in [3.8, 4) is 17.4 Å². The maximum atomic E-state index is 15.0. The SMILES string of the molecule is C=C[C@@H]1C[C@]1(NC(=O)[C@@H]1C[C@@H]2CN1C(=O)[C@H](C1CCCCC1)NC(=O)O[C@@H]1CCC[C@@H]1C/C=C/c1cc3c(cc(OCC)nc3cc1OC)O2)C(=O)NS(=O)(=O)C1CC1. The number of allylic oxidation sites excluding steroid dienone is 1. The van der Waals surface area contributed by atoms with Crippen molar-refractivity contribution in [2.75, 3.05) is 20.3 Å². The van der Waals surface area contributed by atoms with Crippen LogP contribution in [0.4, 0.5) is 4.79 Å². The van der Waals surface area contributed by atoms with Crippen LogP contribution < -0.4 is 29.6 Å². The van der Waals surface area contributed by atoms with E-state index >= 15 is 4.79 Å². The summed E-state index contributed by atoms with van der Waals surface area (Å²) in [5.41, 5.74) is -0.202. The van der Waals surface area contributed by atoms with E-state index in [1.54, 1.807) is 13.2 Å². The highest BCUT2D eigenvalue weighted by molar-refractivity contribution is 7.91. The summed E-state index contributed by atoms with van der Waals surface area (Å²) in [6.07, 6.45) is 12.4. The molecule has 4 amide bonds. The van der Waals surface area contributed by atoms with Gasteiger partial charge in [0.1, 0.15) is 41.3 Å². The van der Waals surface area contributed by atoms with Crippen LogP contribution in [-0.4, -0.2) is 97.5 Å². The molecule has 318 valence electrons. The van der Waals surface area contributed by atoms with Crippen molar-refractivity contribution in [1.29, 1.82) is 0 Å². The van der Waals surface area contributed by atoms with Gasteiger partial charge in [0.25, 0.3) is 5.91 Å². The predicted octanol–water partition coefficient (Wildman–Crippen LogP) is 4.92. The molecule has 0 radical (unpaired) electrons. The van der Waals surface area contributed by atoms with E-state index in [1.165, 1.54) is 11.0 Å². The fraction of sp³-hybridized carbons (Fsp3) is 0.605. The normalized spacial score (nSPS) is 30.5. The molecule has 4 bridgehead atoms. The van der Waals surface area contributed by atoms with E-state index in [1.807, 2.05) is 25.1 Å². The monoisotopic (exact) mass is 833 g/mol. The van der Waals surface area contributed by atoms with Gasteiger partial charge in [-0.25, -0.2) is 18.2 Å². The molecule has 2 aliphatic heterocycles. The molecule has 2 aromatic rings. The maximum absolute atomic E-state index is 15.0. The van der Waals surface area contributed by atoms with Gasteiger partial charge in [-0.05, 0) is 82.6 Å². The summed E-state index contributed by atoms with van der Waals surface area (Å²) >= 11 is 0. The summed E-state index contributed by atoms with van der Waals surface area (Å²) in [5.74, 6) is -1.18. The number of pyridine rings is 1. The highest BCUT2D eigenvalue weighted by Gasteiger charge is 2.62. The molecule has 5 fully saturated rings. The maximum Gasteiger partial charge on any atom is 0.408 e. The third kappa shape index (κ3) is 8.46. The molecule has 4 saturated carbocycles. The summed E-state index contributed by atoms with van der Waals surface area (Å²) in [6.45, 7) is 6.01. The molecule has 7 atom stereocenters. The zero-order valence-electron chi connectivity index (χ0n) is 33.8. The summed E-state index contributed by atoms with van der Waals surface area (Å²) in [4.78, 5) is 63.3. The van der Waals surface area contributed by atoms with Gasteiger partial charge in [0.05, 0.1) is 31.0 Å². The number of carbonyl (C=O) groups excluding carboxylic acids is 4. The first-order valence-corrected chi connectivity index (χ1v) is 22.7. The molecule has 0 spiro atoms. The number of hydrogen-bond donors (Lipinski definition) is 3. The zero-order valence-corrected chi connectivity index (χ0v) is 34.6. The lowest BCUT2D eigenvalue weighted by Gasteiger charge is -2.35. The second-order valence-electron chi connectivity index (χ2n) is 17.0. The molecule has 1 saturated heterocycles. The van der Waals surface area contributed by atoms with Crippen LogP contribution in [0.5, 0.6) is 17.4 Å². The quantitative estimate of drug-likeness (QED) is 0.276. The Morgan fingerprint density at radius 1 is 1.05 bits per heavy atom. The minimum Gasteiger partial charge on any atom is -0.496 e. The molecule has 59 heavy (non-hydrogen) atoms. The number of nitrogens with one attached hydrogen (secondary N) is 3. The highest BCUT2D eigenvalue weighted by Crippen LogP contribution is 2.46. The molecule has 3 N–H and O–H groups in total. The van der Waals surface area contributed by atoms with Crippen molar-refractivity contribution in [1.82, 2.24) is 25.2 Å². The van der Waals surface area contributed by atoms with E-state index in [4.69, 9.17) is 23.9 Å². The van der Waals surface area contributed by atoms with Crippen LogP contribution in [0.1, 0.15) is 96.0 Å². The van der Waals surface area contributed by atoms with Gasteiger partial charge in [-0.15, -0.1) is 6.58 Å². The average molecular weight is 834 g/mol. The molecule has 15 nitrogen and oxygen atoms in total. The molecular formula is C43H55N5O10S. The smallest absolute Gasteiger partial charge is 0.408 e. The van der Waals surface area contributed by atoms with Crippen LogP contribution in [0.25, 0.3) is 17.0 Å². The van der Waals surface area contributed by atoms with Crippen LogP contribution in [-0.2, 0) is 29.1 Å². The number of hydrogen-bond acceptors (Lipinski definition) is 11. The van der Waals surface area contributed by atoms with Crippen LogP contribution in [0, 0.1) is 17.8 Å². The summed E-state index contributed by atoms with van der Waals surface area (Å²) in [6, 6.07) is 3.35. The number of amides is 4. The van der Waals surface area contributed by atoms with E-state index in [9.17, 15) is 22.8 Å². The topological polar surface area (TPSA) is 192 Å². The largest absolute Gasteiger partial charge is 0.496 e. The van der Waals surface area contributed by atoms with E-state index in [2.05, 4.69) is 28.0 Å². The number of carbonyl (C=O) groups is 4. The van der Waals surface area contributed by atoms with Gasteiger partial charge in [-0.2, -0.15) is 0 Å². The Morgan fingerprint density at radius 3 is 2.54 bits per heavy atom. The summed E-state index contributed by atoms with van der Waals surface area (Å²) in [7, 11) is -2.32. The lowest BCUT2D eigenvalue weighted by atomic mass is 9.83. The van der Waals surface area contributed by atoms with Gasteiger partial charge >= 0.3 is 6.09 Å². The predicted molar refractivity (Wildman–Crippen MR) is 218 cm³/mol. The molecule has 16 heteroatoms. The molecule has 8 rings (SSSR count). The van der Waals surface area contributed by atoms with Crippen LogP contribution in [0.2, 0.25) is 0 Å². The van der Waals surface area contributed by atoms with Crippen LogP contribution >= 0.6 is 0 Å². The van der Waals surface area contributed by atoms with Crippen molar-refractivity contribution in [3.63, 3.8) is 0 Å². The van der Waals surface area contributed by atoms with Crippen LogP contribution in [0.3, 0.4) is 0 Å². The van der Waals surface area contributed by atoms with E-state index in [-0.39, 0.29) is 37.3 Å². The van der Waals surface area contributed by atoms with Crippen molar-refractivity contribution >= 4 is 50.8 Å². The zero-order chi connectivity index (χ0) is 41.5. The van der Waals surface area contributed by atoms with E-state index < -0.39 is 68.7 Å². The number of rotatable bonds is 10. The fourth-order valence-corrected chi connectivity index (χ4v) is 10.9. The number of fused-ring (bicyclic) bond motifs is 4. The minimum atomic E-state index is -3.91. The second kappa shape index (κ2) is 16.7. The Kier molecular flexibility index (Phi) is 11.5. The number of sulfonamides is 1. The molecule has 1 aromatic heterocycles. The first kappa shape index (κ1) is 40.9. The molecule has 0 unspecified atom stereocenters. The highest BCUT2D eigenvalue weighted by atomic mass is 32.2. The lowest BCUT2D eigenvalue weighted by Crippen LogP contribution is -2.59. The molecular weight excluding hydrogens is 779 g/mol. The molecule has 4 aliphatic carbocycles. The third-order valence-corrected chi connectivity index (χ3v) is 14.8. The van der Waals surface area contributed by atoms with Gasteiger partial charge in [0.2, 0.25) is 27.7 Å². The van der Waals surface area contributed by atoms with Crippen molar-refractivity contribution < 1.29 is 46.5 Å². The average Bonchev–Trinajstić information content (AvgIpc) is 4.12. The van der Waals surface area contributed by atoms with E-state index in [0.29, 0.717) is 73.4 Å². The second-order valence-corrected chi connectivity index (χ2v) is 18.9. The summed E-state index contributed by atoms with van der Waals surface area (Å²) < 4.78 is 52.3. The Morgan fingerprint density at radius 2 is 1.83 bits per heavy atom. The fourth-order valence-electron chi connectivity index (χ4n) is 9.54. The van der Waals surface area contributed by atoms with Crippen molar-refractivity contribution in [2.24, 2.45) is 17.8 Å². The van der Waals surface area contributed by atoms with Gasteiger partial charge in [-0.3, -0.25) is 19.1 Å². The van der Waals surface area contributed by atoms with Crippen molar-refractivity contribution in [2.45, 2.75) is 125 Å². The number of alkyl carbamates (subject to hydrolysis) is 1. The standard InChI is InChI=1S/C43H55N5O10S/c1-4-28-23-43(28,41(51)47-59(53,54)30-17-18-30)46-39(49)33-20-29-24-48(33)40(50)38(26-11-7-6-8-12-26)45-42(52)58-34-16-10-14-25(34)13-9-15-27-19-31-32(21-35(27)55-3)44-37(56-5-2)22-36(31)57-29/h4,9,15,19,21-22,25-26,28-30,33-34,38H,1,5-8,10-14,16-18,20,23-24H2,2-3H3,(H,45,52)(H,46,49)(H,47,51)/b15-9+/t25-,28+,29+,33-,34+,38-,43+/m0/s1. The Hall–Kier alpha value is -4.86. The molecule has 1 aromatic carbocycles. The number of benzene rings is 1. The first-order valence-electron chi connectivity index (χ1n) is 21.2. The number of nitrogens with zero attached hydrogens (tertiary/aromatic N) is 2. The van der Waals surface area contributed by atoms with Crippen LogP contribution in [0.15, 0.2) is 36.9 Å². The van der Waals surface area contributed by atoms with Gasteiger partial charge in [-0.1, -0.05) is 37.5 Å². The molecule has 3 heterocycles. The number of aromatic nitrogens is 1. The van der Waals surface area contributed by atoms with Gasteiger partial charge in [0.15, 0.2) is 0 Å². The van der Waals surface area contributed by atoms with Crippen molar-refractivity contribution in [3.05, 3.63) is 42.5 Å². The van der Waals surface area contributed by atoms with Gasteiger partial charge < -0.3 is 34.5 Å². The Labute approximate surface area is 345 Å².